The van der Waals surface area contributed by atoms with E-state index in [2.05, 4.69) is 10.6 Å². The first-order chi connectivity index (χ1) is 13.4. The number of rotatable bonds is 12. The SMILES string of the molecule is CCCCOC(=O)[C@@H](NC(=O)CNC(=O)C(=O)C(N)CCC)c1ccccc1. The summed E-state index contributed by atoms with van der Waals surface area (Å²) in [4.78, 5) is 48.2. The van der Waals surface area contributed by atoms with E-state index in [0.717, 1.165) is 12.8 Å². The maximum Gasteiger partial charge on any atom is 0.333 e. The Hall–Kier alpha value is -2.74. The Balaban J connectivity index is 2.67. The Morgan fingerprint density at radius 1 is 1.07 bits per heavy atom. The van der Waals surface area contributed by atoms with Gasteiger partial charge in [0, 0.05) is 0 Å². The van der Waals surface area contributed by atoms with E-state index in [0.29, 0.717) is 18.4 Å². The van der Waals surface area contributed by atoms with Gasteiger partial charge in [-0.05, 0) is 18.4 Å². The fraction of sp³-hybridized carbons (Fsp3) is 0.500. The predicted molar refractivity (Wildman–Crippen MR) is 104 cm³/mol. The van der Waals surface area contributed by atoms with Crippen LogP contribution in [0.25, 0.3) is 0 Å². The molecular formula is C20H29N3O5. The fourth-order valence-corrected chi connectivity index (χ4v) is 2.39. The van der Waals surface area contributed by atoms with Gasteiger partial charge in [0.2, 0.25) is 11.7 Å². The molecule has 0 fully saturated rings. The highest BCUT2D eigenvalue weighted by atomic mass is 16.5. The van der Waals surface area contributed by atoms with Gasteiger partial charge in [-0.2, -0.15) is 0 Å². The Labute approximate surface area is 165 Å². The van der Waals surface area contributed by atoms with Crippen LogP contribution in [0.3, 0.4) is 0 Å². The van der Waals surface area contributed by atoms with Crippen molar-refractivity contribution in [3.63, 3.8) is 0 Å². The molecule has 0 radical (unpaired) electrons. The van der Waals surface area contributed by atoms with Gasteiger partial charge in [-0.1, -0.05) is 57.0 Å². The molecule has 154 valence electrons. The number of hydrogen-bond donors (Lipinski definition) is 3. The summed E-state index contributed by atoms with van der Waals surface area (Å²) in [6.45, 7) is 3.63. The molecule has 0 bridgehead atoms. The molecule has 0 saturated carbocycles. The zero-order chi connectivity index (χ0) is 20.9. The molecule has 8 nitrogen and oxygen atoms in total. The highest BCUT2D eigenvalue weighted by Crippen LogP contribution is 2.14. The van der Waals surface area contributed by atoms with Gasteiger partial charge in [-0.25, -0.2) is 4.79 Å². The smallest absolute Gasteiger partial charge is 0.333 e. The third-order valence-electron chi connectivity index (χ3n) is 3.99. The van der Waals surface area contributed by atoms with Gasteiger partial charge in [0.25, 0.3) is 5.91 Å². The van der Waals surface area contributed by atoms with E-state index in [4.69, 9.17) is 10.5 Å². The average Bonchev–Trinajstić information content (AvgIpc) is 2.70. The van der Waals surface area contributed by atoms with Crippen molar-refractivity contribution in [3.8, 4) is 0 Å². The van der Waals surface area contributed by atoms with E-state index >= 15 is 0 Å². The molecule has 0 aromatic heterocycles. The normalized spacial score (nSPS) is 12.5. The summed E-state index contributed by atoms with van der Waals surface area (Å²) in [6.07, 6.45) is 2.64. The first-order valence-electron chi connectivity index (χ1n) is 9.49. The molecule has 1 aromatic carbocycles. The molecule has 0 aliphatic rings. The molecule has 0 saturated heterocycles. The van der Waals surface area contributed by atoms with Crippen LogP contribution in [0.15, 0.2) is 30.3 Å². The number of nitrogens with one attached hydrogen (secondary N) is 2. The molecule has 2 atom stereocenters. The number of unbranched alkanes of at least 4 members (excludes halogenated alkanes) is 1. The van der Waals surface area contributed by atoms with Crippen LogP contribution in [0.2, 0.25) is 0 Å². The first kappa shape index (κ1) is 23.3. The number of benzene rings is 1. The predicted octanol–water partition coefficient (Wildman–Crippen LogP) is 1.000. The van der Waals surface area contributed by atoms with E-state index < -0.39 is 42.2 Å². The summed E-state index contributed by atoms with van der Waals surface area (Å²) in [5, 5.41) is 4.77. The van der Waals surface area contributed by atoms with Crippen molar-refractivity contribution < 1.29 is 23.9 Å². The van der Waals surface area contributed by atoms with E-state index in [-0.39, 0.29) is 6.61 Å². The fourth-order valence-electron chi connectivity index (χ4n) is 2.39. The van der Waals surface area contributed by atoms with Crippen molar-refractivity contribution in [2.45, 2.75) is 51.6 Å². The largest absolute Gasteiger partial charge is 0.464 e. The number of amides is 2. The molecule has 4 N–H and O–H groups in total. The number of ether oxygens (including phenoxy) is 1. The lowest BCUT2D eigenvalue weighted by molar-refractivity contribution is -0.148. The van der Waals surface area contributed by atoms with Crippen LogP contribution in [-0.4, -0.2) is 42.8 Å². The van der Waals surface area contributed by atoms with Crippen LogP contribution in [0.4, 0.5) is 0 Å². The molecule has 8 heteroatoms. The quantitative estimate of drug-likeness (QED) is 0.277. The molecule has 28 heavy (non-hydrogen) atoms. The topological polar surface area (TPSA) is 128 Å². The van der Waals surface area contributed by atoms with Crippen molar-refractivity contribution in [3.05, 3.63) is 35.9 Å². The number of esters is 1. The minimum atomic E-state index is -1.000. The average molecular weight is 391 g/mol. The molecule has 0 aliphatic heterocycles. The second-order valence-electron chi connectivity index (χ2n) is 6.37. The lowest BCUT2D eigenvalue weighted by Crippen LogP contribution is -2.46. The lowest BCUT2D eigenvalue weighted by Gasteiger charge is -2.18. The monoisotopic (exact) mass is 391 g/mol. The summed E-state index contributed by atoms with van der Waals surface area (Å²) < 4.78 is 5.21. The molecule has 0 aliphatic carbocycles. The molecule has 1 unspecified atom stereocenters. The highest BCUT2D eigenvalue weighted by molar-refractivity contribution is 6.38. The number of carbonyl (C=O) groups is 4. The minimum Gasteiger partial charge on any atom is -0.464 e. The summed E-state index contributed by atoms with van der Waals surface area (Å²) in [6, 6.07) is 6.76. The standard InChI is InChI=1S/C20H29N3O5/c1-3-5-12-28-20(27)17(14-10-7-6-8-11-14)23-16(24)13-22-19(26)18(25)15(21)9-4-2/h6-8,10-11,15,17H,3-5,9,12-13,21H2,1-2H3,(H,22,26)(H,23,24)/t15?,17-/m0/s1. The summed E-state index contributed by atoms with van der Waals surface area (Å²) in [5.41, 5.74) is 6.18. The van der Waals surface area contributed by atoms with E-state index in [1.165, 1.54) is 0 Å². The van der Waals surface area contributed by atoms with Gasteiger partial charge in [0.05, 0.1) is 19.2 Å². The molecule has 1 rings (SSSR count). The number of ketones is 1. The van der Waals surface area contributed by atoms with E-state index in [9.17, 15) is 19.2 Å². The Morgan fingerprint density at radius 3 is 2.36 bits per heavy atom. The highest BCUT2D eigenvalue weighted by Gasteiger charge is 2.25. The van der Waals surface area contributed by atoms with Crippen LogP contribution < -0.4 is 16.4 Å². The van der Waals surface area contributed by atoms with Crippen LogP contribution >= 0.6 is 0 Å². The van der Waals surface area contributed by atoms with Crippen molar-refractivity contribution in [2.24, 2.45) is 5.73 Å². The zero-order valence-corrected chi connectivity index (χ0v) is 16.4. The van der Waals surface area contributed by atoms with Crippen molar-refractivity contribution in [2.75, 3.05) is 13.2 Å². The Kier molecular flexibility index (Phi) is 10.5. The van der Waals surface area contributed by atoms with Gasteiger partial charge in [0.1, 0.15) is 0 Å². The van der Waals surface area contributed by atoms with E-state index in [1.54, 1.807) is 30.3 Å². The van der Waals surface area contributed by atoms with Crippen molar-refractivity contribution in [1.82, 2.24) is 10.6 Å². The minimum absolute atomic E-state index is 0.259. The Morgan fingerprint density at radius 2 is 1.75 bits per heavy atom. The molecule has 0 spiro atoms. The van der Waals surface area contributed by atoms with Crippen LogP contribution in [0.1, 0.15) is 51.1 Å². The van der Waals surface area contributed by atoms with E-state index in [1.807, 2.05) is 13.8 Å². The molecule has 2 amide bonds. The first-order valence-corrected chi connectivity index (χ1v) is 9.49. The van der Waals surface area contributed by atoms with Gasteiger partial charge < -0.3 is 21.1 Å². The van der Waals surface area contributed by atoms with Crippen LogP contribution in [0, 0.1) is 0 Å². The third-order valence-corrected chi connectivity index (χ3v) is 3.99. The van der Waals surface area contributed by atoms with Crippen molar-refractivity contribution in [1.29, 1.82) is 0 Å². The number of carbonyl (C=O) groups excluding carboxylic acids is 4. The second-order valence-corrected chi connectivity index (χ2v) is 6.37. The van der Waals surface area contributed by atoms with Crippen molar-refractivity contribution >= 4 is 23.6 Å². The second kappa shape index (κ2) is 12.6. The lowest BCUT2D eigenvalue weighted by atomic mass is 10.1. The molecular weight excluding hydrogens is 362 g/mol. The summed E-state index contributed by atoms with van der Waals surface area (Å²) >= 11 is 0. The number of Topliss-reactive ketones (excluding diaryl/α,β-unsaturated/α-hetero) is 1. The Bertz CT molecular complexity index is 663. The van der Waals surface area contributed by atoms with Gasteiger partial charge in [0.15, 0.2) is 6.04 Å². The van der Waals surface area contributed by atoms with Gasteiger partial charge >= 0.3 is 5.97 Å². The summed E-state index contributed by atoms with van der Waals surface area (Å²) in [5.74, 6) is -2.89. The maximum atomic E-state index is 12.4. The zero-order valence-electron chi connectivity index (χ0n) is 16.4. The third kappa shape index (κ3) is 7.87. The number of nitrogens with two attached hydrogens (primary N) is 1. The molecule has 0 heterocycles. The van der Waals surface area contributed by atoms with Crippen LogP contribution in [-0.2, 0) is 23.9 Å². The van der Waals surface area contributed by atoms with Gasteiger partial charge in [-0.3, -0.25) is 14.4 Å². The summed E-state index contributed by atoms with van der Waals surface area (Å²) in [7, 11) is 0. The molecule has 1 aromatic rings. The van der Waals surface area contributed by atoms with Crippen LogP contribution in [0.5, 0.6) is 0 Å². The van der Waals surface area contributed by atoms with Gasteiger partial charge in [-0.15, -0.1) is 0 Å². The number of hydrogen-bond acceptors (Lipinski definition) is 6. The maximum absolute atomic E-state index is 12.4.